The molecule has 0 aliphatic heterocycles. The van der Waals surface area contributed by atoms with Crippen molar-refractivity contribution in [3.05, 3.63) is 89.5 Å². The van der Waals surface area contributed by atoms with Gasteiger partial charge in [0, 0.05) is 12.3 Å². The monoisotopic (exact) mass is 558 g/mol. The average molecular weight is 559 g/mol. The highest BCUT2D eigenvalue weighted by atomic mass is 16.5. The summed E-state index contributed by atoms with van der Waals surface area (Å²) in [5.74, 6) is -1.54. The molecule has 0 heterocycles. The normalized spacial score (nSPS) is 14.0. The van der Waals surface area contributed by atoms with Crippen molar-refractivity contribution in [2.45, 2.75) is 64.6 Å². The number of nitrogens with one attached hydrogen (secondary N) is 2. The Labute approximate surface area is 241 Å². The molecule has 1 aliphatic rings. The summed E-state index contributed by atoms with van der Waals surface area (Å²) in [6.45, 7) is 9.37. The molecule has 216 valence electrons. The summed E-state index contributed by atoms with van der Waals surface area (Å²) in [5, 5.41) is 14.8. The summed E-state index contributed by atoms with van der Waals surface area (Å²) < 4.78 is 11.5. The highest BCUT2D eigenvalue weighted by Gasteiger charge is 2.31. The molecule has 0 spiro atoms. The van der Waals surface area contributed by atoms with Crippen LogP contribution in [-0.4, -0.2) is 47.4 Å². The van der Waals surface area contributed by atoms with Crippen LogP contribution >= 0.6 is 0 Å². The van der Waals surface area contributed by atoms with Gasteiger partial charge in [0.05, 0.1) is 0 Å². The molecule has 8 nitrogen and oxygen atoms in total. The van der Waals surface area contributed by atoms with Crippen LogP contribution in [0.25, 0.3) is 11.1 Å². The Morgan fingerprint density at radius 3 is 1.93 bits per heavy atom. The van der Waals surface area contributed by atoms with Crippen molar-refractivity contribution in [2.24, 2.45) is 5.92 Å². The number of ether oxygens (including phenoxy) is 2. The van der Waals surface area contributed by atoms with Crippen LogP contribution in [-0.2, 0) is 20.7 Å². The maximum Gasteiger partial charge on any atom is 0.407 e. The predicted octanol–water partition coefficient (Wildman–Crippen LogP) is 5.54. The zero-order chi connectivity index (χ0) is 29.7. The standard InChI is InChI=1S/C33H38N2O6/c1-20(2)29(31(37)38)35-30(36)28(18-21-14-16-22(17-15-21)41-33(3,4)5)34-32(39)40-19-27-25-12-8-6-10-23(25)24-11-7-9-13-26(24)27/h6-17,20,27-29H,18-19H2,1-5H3,(H,34,39)(H,35,36)(H,37,38)/t28-,29-/m0/s1. The molecule has 0 saturated carbocycles. The zero-order valence-corrected chi connectivity index (χ0v) is 24.1. The Bertz CT molecular complexity index is 1350. The van der Waals surface area contributed by atoms with Crippen molar-refractivity contribution in [3.63, 3.8) is 0 Å². The second kappa shape index (κ2) is 12.5. The molecular weight excluding hydrogens is 520 g/mol. The zero-order valence-electron chi connectivity index (χ0n) is 24.1. The number of rotatable bonds is 10. The van der Waals surface area contributed by atoms with Gasteiger partial charge in [-0.1, -0.05) is 74.5 Å². The fourth-order valence-electron chi connectivity index (χ4n) is 5.04. The van der Waals surface area contributed by atoms with Gasteiger partial charge in [-0.3, -0.25) is 4.79 Å². The summed E-state index contributed by atoms with van der Waals surface area (Å²) in [5.41, 5.74) is 4.78. The third-order valence-corrected chi connectivity index (χ3v) is 6.97. The van der Waals surface area contributed by atoms with Gasteiger partial charge in [0.15, 0.2) is 0 Å². The molecule has 41 heavy (non-hydrogen) atoms. The number of hydrogen-bond acceptors (Lipinski definition) is 5. The first-order chi connectivity index (χ1) is 19.4. The molecule has 8 heteroatoms. The van der Waals surface area contributed by atoms with E-state index in [1.807, 2.05) is 69.3 Å². The first kappa shape index (κ1) is 29.6. The summed E-state index contributed by atoms with van der Waals surface area (Å²) >= 11 is 0. The van der Waals surface area contributed by atoms with Crippen molar-refractivity contribution < 1.29 is 29.0 Å². The van der Waals surface area contributed by atoms with Gasteiger partial charge in [-0.05, 0) is 66.6 Å². The Morgan fingerprint density at radius 2 is 1.41 bits per heavy atom. The second-order valence-electron chi connectivity index (χ2n) is 11.7. The minimum Gasteiger partial charge on any atom is -0.488 e. The number of fused-ring (bicyclic) bond motifs is 3. The van der Waals surface area contributed by atoms with Gasteiger partial charge in [0.25, 0.3) is 0 Å². The lowest BCUT2D eigenvalue weighted by Gasteiger charge is -2.24. The molecular formula is C33H38N2O6. The highest BCUT2D eigenvalue weighted by Crippen LogP contribution is 2.44. The van der Waals surface area contributed by atoms with E-state index in [4.69, 9.17) is 9.47 Å². The molecule has 0 bridgehead atoms. The largest absolute Gasteiger partial charge is 0.488 e. The molecule has 3 N–H and O–H groups in total. The summed E-state index contributed by atoms with van der Waals surface area (Å²) in [6.07, 6.45) is -0.618. The summed E-state index contributed by atoms with van der Waals surface area (Å²) in [6, 6.07) is 21.1. The van der Waals surface area contributed by atoms with Crippen molar-refractivity contribution in [1.82, 2.24) is 10.6 Å². The Balaban J connectivity index is 1.48. The number of aliphatic carboxylic acids is 1. The number of amides is 2. The first-order valence-electron chi connectivity index (χ1n) is 13.9. The fraction of sp³-hybridized carbons (Fsp3) is 0.364. The van der Waals surface area contributed by atoms with E-state index in [0.29, 0.717) is 5.75 Å². The van der Waals surface area contributed by atoms with E-state index in [2.05, 4.69) is 22.8 Å². The van der Waals surface area contributed by atoms with E-state index < -0.39 is 30.1 Å². The molecule has 0 unspecified atom stereocenters. The summed E-state index contributed by atoms with van der Waals surface area (Å²) in [7, 11) is 0. The van der Waals surface area contributed by atoms with E-state index in [0.717, 1.165) is 27.8 Å². The van der Waals surface area contributed by atoms with Gasteiger partial charge in [-0.2, -0.15) is 0 Å². The maximum atomic E-state index is 13.3. The lowest BCUT2D eigenvalue weighted by atomic mass is 9.98. The Kier molecular flexibility index (Phi) is 9.01. The average Bonchev–Trinajstić information content (AvgIpc) is 3.23. The highest BCUT2D eigenvalue weighted by molar-refractivity contribution is 5.89. The molecule has 2 amide bonds. The van der Waals surface area contributed by atoms with E-state index in [9.17, 15) is 19.5 Å². The van der Waals surface area contributed by atoms with Gasteiger partial charge in [0.2, 0.25) is 5.91 Å². The van der Waals surface area contributed by atoms with Crippen LogP contribution in [0.1, 0.15) is 57.2 Å². The lowest BCUT2D eigenvalue weighted by Crippen LogP contribution is -2.54. The summed E-state index contributed by atoms with van der Waals surface area (Å²) in [4.78, 5) is 38.1. The van der Waals surface area contributed by atoms with Gasteiger partial charge in [-0.15, -0.1) is 0 Å². The van der Waals surface area contributed by atoms with Crippen LogP contribution in [0.3, 0.4) is 0 Å². The third-order valence-electron chi connectivity index (χ3n) is 6.97. The number of alkyl carbamates (subject to hydrolysis) is 1. The number of carbonyl (C=O) groups excluding carboxylic acids is 2. The Morgan fingerprint density at radius 1 is 0.854 bits per heavy atom. The minimum absolute atomic E-state index is 0.0940. The molecule has 0 saturated heterocycles. The molecule has 0 radical (unpaired) electrons. The van der Waals surface area contributed by atoms with Crippen molar-refractivity contribution in [2.75, 3.05) is 6.61 Å². The van der Waals surface area contributed by atoms with Crippen molar-refractivity contribution in [3.8, 4) is 16.9 Å². The van der Waals surface area contributed by atoms with Crippen LogP contribution in [0.15, 0.2) is 72.8 Å². The molecule has 3 aromatic rings. The molecule has 3 aromatic carbocycles. The fourth-order valence-corrected chi connectivity index (χ4v) is 5.04. The molecule has 4 rings (SSSR count). The predicted molar refractivity (Wildman–Crippen MR) is 157 cm³/mol. The quantitative estimate of drug-likeness (QED) is 0.301. The number of carboxylic acid groups (broad SMARTS) is 1. The van der Waals surface area contributed by atoms with Crippen LogP contribution in [0, 0.1) is 5.92 Å². The van der Waals surface area contributed by atoms with Crippen LogP contribution in [0.4, 0.5) is 4.79 Å². The van der Waals surface area contributed by atoms with Gasteiger partial charge < -0.3 is 25.2 Å². The van der Waals surface area contributed by atoms with Gasteiger partial charge in [-0.25, -0.2) is 9.59 Å². The first-order valence-corrected chi connectivity index (χ1v) is 13.9. The van der Waals surface area contributed by atoms with Gasteiger partial charge in [0.1, 0.15) is 30.0 Å². The number of carbonyl (C=O) groups is 3. The maximum absolute atomic E-state index is 13.3. The molecule has 0 fully saturated rings. The third kappa shape index (κ3) is 7.45. The second-order valence-corrected chi connectivity index (χ2v) is 11.7. The smallest absolute Gasteiger partial charge is 0.407 e. The topological polar surface area (TPSA) is 114 Å². The van der Waals surface area contributed by atoms with E-state index >= 15 is 0 Å². The van der Waals surface area contributed by atoms with E-state index in [-0.39, 0.29) is 30.5 Å². The molecule has 0 aromatic heterocycles. The van der Waals surface area contributed by atoms with E-state index in [1.54, 1.807) is 26.0 Å². The number of hydrogen-bond donors (Lipinski definition) is 3. The van der Waals surface area contributed by atoms with Crippen molar-refractivity contribution in [1.29, 1.82) is 0 Å². The van der Waals surface area contributed by atoms with Crippen LogP contribution < -0.4 is 15.4 Å². The minimum atomic E-state index is -1.14. The van der Waals surface area contributed by atoms with Crippen LogP contribution in [0.5, 0.6) is 5.75 Å². The molecule has 1 aliphatic carbocycles. The SMILES string of the molecule is CC(C)[C@H](NC(=O)[C@H](Cc1ccc(OC(C)(C)C)cc1)NC(=O)OCC1c2ccccc2-c2ccccc21)C(=O)O. The molecule has 2 atom stereocenters. The number of carboxylic acids is 1. The number of benzene rings is 3. The van der Waals surface area contributed by atoms with Crippen LogP contribution in [0.2, 0.25) is 0 Å². The van der Waals surface area contributed by atoms with Crippen molar-refractivity contribution >= 4 is 18.0 Å². The van der Waals surface area contributed by atoms with Gasteiger partial charge >= 0.3 is 12.1 Å². The lowest BCUT2D eigenvalue weighted by molar-refractivity contribution is -0.143. The van der Waals surface area contributed by atoms with E-state index in [1.165, 1.54) is 0 Å². The Hall–Kier alpha value is -4.33.